The normalized spacial score (nSPS) is 29.1. The average Bonchev–Trinajstić information content (AvgIpc) is 2.87. The van der Waals surface area contributed by atoms with E-state index in [1.807, 2.05) is 0 Å². The van der Waals surface area contributed by atoms with Crippen molar-refractivity contribution in [2.75, 3.05) is 13.1 Å². The third kappa shape index (κ3) is 3.20. The smallest absolute Gasteiger partial charge is 0.221 e. The second-order valence-electron chi connectivity index (χ2n) is 4.60. The van der Waals surface area contributed by atoms with Crippen LogP contribution in [-0.4, -0.2) is 37.0 Å². The van der Waals surface area contributed by atoms with E-state index in [2.05, 4.69) is 16.0 Å². The van der Waals surface area contributed by atoms with Gasteiger partial charge in [0.2, 0.25) is 11.8 Å². The Morgan fingerprint density at radius 2 is 2.25 bits per heavy atom. The molecule has 0 saturated carbocycles. The monoisotopic (exact) mass is 225 g/mol. The topological polar surface area (TPSA) is 70.2 Å². The van der Waals surface area contributed by atoms with E-state index >= 15 is 0 Å². The summed E-state index contributed by atoms with van der Waals surface area (Å²) >= 11 is 0. The van der Waals surface area contributed by atoms with Crippen molar-refractivity contribution in [3.8, 4) is 0 Å². The van der Waals surface area contributed by atoms with Gasteiger partial charge in [-0.15, -0.1) is 0 Å². The molecule has 2 aliphatic rings. The predicted molar refractivity (Wildman–Crippen MR) is 59.8 cm³/mol. The Bertz CT molecular complexity index is 274. The lowest BCUT2D eigenvalue weighted by Crippen LogP contribution is -2.40. The molecule has 0 aromatic rings. The van der Waals surface area contributed by atoms with Gasteiger partial charge in [-0.1, -0.05) is 0 Å². The highest BCUT2D eigenvalue weighted by Crippen LogP contribution is 2.09. The van der Waals surface area contributed by atoms with Crippen LogP contribution in [0, 0.1) is 0 Å². The van der Waals surface area contributed by atoms with Crippen LogP contribution < -0.4 is 16.0 Å². The fraction of sp³-hybridized carbons (Fsp3) is 0.818. The van der Waals surface area contributed by atoms with Crippen molar-refractivity contribution in [1.29, 1.82) is 0 Å². The first kappa shape index (κ1) is 11.4. The highest BCUT2D eigenvalue weighted by Gasteiger charge is 2.22. The van der Waals surface area contributed by atoms with E-state index < -0.39 is 0 Å². The first-order chi connectivity index (χ1) is 7.74. The highest BCUT2D eigenvalue weighted by molar-refractivity contribution is 5.79. The second kappa shape index (κ2) is 5.30. The molecule has 2 unspecified atom stereocenters. The lowest BCUT2D eigenvalue weighted by Gasteiger charge is -2.13. The summed E-state index contributed by atoms with van der Waals surface area (Å²) in [5.74, 6) is 0.178. The summed E-state index contributed by atoms with van der Waals surface area (Å²) in [6.45, 7) is 1.59. The summed E-state index contributed by atoms with van der Waals surface area (Å²) in [6, 6.07) is 0.478. The highest BCUT2D eigenvalue weighted by atomic mass is 16.2. The molecule has 0 aromatic carbocycles. The van der Waals surface area contributed by atoms with Gasteiger partial charge in [0, 0.05) is 31.5 Å². The molecule has 90 valence electrons. The number of hydrogen-bond acceptors (Lipinski definition) is 3. The maximum atomic E-state index is 11.6. The van der Waals surface area contributed by atoms with Gasteiger partial charge in [-0.25, -0.2) is 0 Å². The molecule has 2 saturated heterocycles. The van der Waals surface area contributed by atoms with Gasteiger partial charge >= 0.3 is 0 Å². The minimum atomic E-state index is 0.0838. The van der Waals surface area contributed by atoms with E-state index in [-0.39, 0.29) is 17.9 Å². The van der Waals surface area contributed by atoms with Crippen molar-refractivity contribution in [2.24, 2.45) is 0 Å². The van der Waals surface area contributed by atoms with Gasteiger partial charge in [0.05, 0.1) is 0 Å². The van der Waals surface area contributed by atoms with Crippen LogP contribution in [0.15, 0.2) is 0 Å². The molecule has 2 heterocycles. The number of hydrogen-bond donors (Lipinski definition) is 3. The number of rotatable bonds is 4. The lowest BCUT2D eigenvalue weighted by molar-refractivity contribution is -0.122. The largest absolute Gasteiger partial charge is 0.354 e. The van der Waals surface area contributed by atoms with Crippen LogP contribution in [0.5, 0.6) is 0 Å². The first-order valence-corrected chi connectivity index (χ1v) is 6.03. The minimum absolute atomic E-state index is 0.0838. The van der Waals surface area contributed by atoms with E-state index in [0.717, 1.165) is 25.8 Å². The fourth-order valence-electron chi connectivity index (χ4n) is 2.29. The average molecular weight is 225 g/mol. The molecule has 2 aliphatic heterocycles. The van der Waals surface area contributed by atoms with Gasteiger partial charge in [0.1, 0.15) is 0 Å². The first-order valence-electron chi connectivity index (χ1n) is 6.03. The molecule has 3 N–H and O–H groups in total. The third-order valence-electron chi connectivity index (χ3n) is 3.22. The van der Waals surface area contributed by atoms with Gasteiger partial charge in [-0.3, -0.25) is 9.59 Å². The molecule has 2 fully saturated rings. The van der Waals surface area contributed by atoms with Crippen LogP contribution in [0.1, 0.15) is 32.1 Å². The number of carbonyl (C=O) groups excluding carboxylic acids is 2. The lowest BCUT2D eigenvalue weighted by atomic mass is 10.1. The maximum absolute atomic E-state index is 11.6. The van der Waals surface area contributed by atoms with Gasteiger partial charge in [0.25, 0.3) is 0 Å². The number of nitrogens with one attached hydrogen (secondary N) is 3. The van der Waals surface area contributed by atoms with E-state index in [1.165, 1.54) is 0 Å². The molecule has 2 rings (SSSR count). The Morgan fingerprint density at radius 1 is 1.38 bits per heavy atom. The summed E-state index contributed by atoms with van der Waals surface area (Å²) in [4.78, 5) is 22.5. The zero-order chi connectivity index (χ0) is 11.4. The molecule has 2 atom stereocenters. The van der Waals surface area contributed by atoms with Crippen molar-refractivity contribution in [3.63, 3.8) is 0 Å². The molecule has 0 spiro atoms. The summed E-state index contributed by atoms with van der Waals surface area (Å²) < 4.78 is 0. The fourth-order valence-corrected chi connectivity index (χ4v) is 2.29. The van der Waals surface area contributed by atoms with Gasteiger partial charge < -0.3 is 16.0 Å². The molecule has 0 aliphatic carbocycles. The molecule has 0 radical (unpaired) electrons. The molecule has 16 heavy (non-hydrogen) atoms. The van der Waals surface area contributed by atoms with Crippen LogP contribution in [0.25, 0.3) is 0 Å². The zero-order valence-corrected chi connectivity index (χ0v) is 9.42. The van der Waals surface area contributed by atoms with E-state index in [1.54, 1.807) is 0 Å². The summed E-state index contributed by atoms with van der Waals surface area (Å²) in [6.07, 6.45) is 4.23. The van der Waals surface area contributed by atoms with Gasteiger partial charge in [-0.2, -0.15) is 0 Å². The molecule has 0 aromatic heterocycles. The van der Waals surface area contributed by atoms with Gasteiger partial charge in [-0.05, 0) is 25.8 Å². The molecular formula is C11H19N3O2. The van der Waals surface area contributed by atoms with E-state index in [4.69, 9.17) is 0 Å². The summed E-state index contributed by atoms with van der Waals surface area (Å²) in [5.41, 5.74) is 0. The summed E-state index contributed by atoms with van der Waals surface area (Å²) in [5, 5.41) is 9.00. The Hall–Kier alpha value is -1.10. The van der Waals surface area contributed by atoms with Crippen LogP contribution >= 0.6 is 0 Å². The van der Waals surface area contributed by atoms with Crippen LogP contribution in [-0.2, 0) is 9.59 Å². The van der Waals surface area contributed by atoms with Crippen molar-refractivity contribution >= 4 is 11.8 Å². The summed E-state index contributed by atoms with van der Waals surface area (Å²) in [7, 11) is 0. The van der Waals surface area contributed by atoms with E-state index in [9.17, 15) is 9.59 Å². The molecule has 5 heteroatoms. The zero-order valence-electron chi connectivity index (χ0n) is 9.42. The molecule has 2 amide bonds. The predicted octanol–water partition coefficient (Wildman–Crippen LogP) is -0.477. The second-order valence-corrected chi connectivity index (χ2v) is 4.60. The van der Waals surface area contributed by atoms with Crippen molar-refractivity contribution in [2.45, 2.75) is 44.2 Å². The molecule has 0 bridgehead atoms. The van der Waals surface area contributed by atoms with Crippen molar-refractivity contribution in [3.05, 3.63) is 0 Å². The van der Waals surface area contributed by atoms with Crippen molar-refractivity contribution in [1.82, 2.24) is 16.0 Å². The Balaban J connectivity index is 1.61. The van der Waals surface area contributed by atoms with Crippen LogP contribution in [0.2, 0.25) is 0 Å². The Morgan fingerprint density at radius 3 is 2.88 bits per heavy atom. The Labute approximate surface area is 95.3 Å². The molecular weight excluding hydrogens is 206 g/mol. The molecule has 5 nitrogen and oxygen atoms in total. The number of amides is 2. The standard InChI is InChI=1S/C11H19N3O2/c15-10-4-3-9(14-10)7-13-11(16)6-8-2-1-5-12-8/h8-9,12H,1-7H2,(H,13,16)(H,14,15). The van der Waals surface area contributed by atoms with Crippen LogP contribution in [0.3, 0.4) is 0 Å². The van der Waals surface area contributed by atoms with E-state index in [0.29, 0.717) is 25.4 Å². The number of carbonyl (C=O) groups is 2. The van der Waals surface area contributed by atoms with Gasteiger partial charge in [0.15, 0.2) is 0 Å². The quantitative estimate of drug-likeness (QED) is 0.605. The SMILES string of the molecule is O=C(CC1CCCN1)NCC1CCC(=O)N1. The third-order valence-corrected chi connectivity index (χ3v) is 3.22. The maximum Gasteiger partial charge on any atom is 0.221 e. The van der Waals surface area contributed by atoms with Crippen LogP contribution in [0.4, 0.5) is 0 Å². The van der Waals surface area contributed by atoms with Crippen molar-refractivity contribution < 1.29 is 9.59 Å². The Kier molecular flexibility index (Phi) is 3.77. The minimum Gasteiger partial charge on any atom is -0.354 e.